The molecule has 0 spiro atoms. The Morgan fingerprint density at radius 3 is 2.60 bits per heavy atom. The Morgan fingerprint density at radius 2 is 2.10 bits per heavy atom. The third kappa shape index (κ3) is 3.35. The number of aromatic carboxylic acids is 1. The fourth-order valence-corrected chi connectivity index (χ4v) is 3.29. The van der Waals surface area contributed by atoms with Gasteiger partial charge in [-0.15, -0.1) is 0 Å². The normalized spacial score (nSPS) is 12.0. The highest BCUT2D eigenvalue weighted by Gasteiger charge is 2.32. The number of sulfonamides is 1. The molecule has 8 nitrogen and oxygen atoms in total. The van der Waals surface area contributed by atoms with Crippen molar-refractivity contribution in [2.75, 3.05) is 26.3 Å². The van der Waals surface area contributed by atoms with Gasteiger partial charge in [0.25, 0.3) is 10.0 Å². The van der Waals surface area contributed by atoms with Gasteiger partial charge in [-0.1, -0.05) is 6.92 Å². The molecular weight excluding hydrogens is 286 g/mol. The SMILES string of the molecule is CCOCCN(CC)S(=O)(=O)c1n[nH]c(C)c1C(=O)O. The molecule has 0 aliphatic heterocycles. The average molecular weight is 305 g/mol. The number of aromatic amines is 1. The minimum atomic E-state index is -3.96. The van der Waals surface area contributed by atoms with Crippen LogP contribution in [-0.2, 0) is 14.8 Å². The number of nitrogens with one attached hydrogen (secondary N) is 1. The Balaban J connectivity index is 3.11. The summed E-state index contributed by atoms with van der Waals surface area (Å²) < 4.78 is 31.1. The number of aromatic nitrogens is 2. The van der Waals surface area contributed by atoms with Crippen LogP contribution in [0.1, 0.15) is 29.9 Å². The quantitative estimate of drug-likeness (QED) is 0.675. The third-order valence-corrected chi connectivity index (χ3v) is 4.66. The first-order valence-corrected chi connectivity index (χ1v) is 7.66. The fourth-order valence-electron chi connectivity index (χ4n) is 1.73. The zero-order valence-corrected chi connectivity index (χ0v) is 12.5. The molecule has 1 heterocycles. The van der Waals surface area contributed by atoms with Gasteiger partial charge in [-0.05, 0) is 13.8 Å². The molecule has 0 amide bonds. The van der Waals surface area contributed by atoms with Crippen LogP contribution < -0.4 is 0 Å². The molecule has 0 aliphatic rings. The number of aryl methyl sites for hydroxylation is 1. The number of hydrogen-bond acceptors (Lipinski definition) is 5. The topological polar surface area (TPSA) is 113 Å². The van der Waals surface area contributed by atoms with Gasteiger partial charge in [0.1, 0.15) is 5.56 Å². The molecule has 0 fully saturated rings. The van der Waals surface area contributed by atoms with E-state index in [1.54, 1.807) is 6.92 Å². The lowest BCUT2D eigenvalue weighted by molar-refractivity contribution is 0.0691. The Morgan fingerprint density at radius 1 is 1.45 bits per heavy atom. The minimum Gasteiger partial charge on any atom is -0.478 e. The van der Waals surface area contributed by atoms with E-state index in [-0.39, 0.29) is 31.0 Å². The van der Waals surface area contributed by atoms with Gasteiger partial charge in [-0.2, -0.15) is 9.40 Å². The number of carboxylic acids is 1. The largest absolute Gasteiger partial charge is 0.478 e. The number of nitrogens with zero attached hydrogens (tertiary/aromatic N) is 2. The molecular formula is C11H19N3O5S. The molecule has 114 valence electrons. The summed E-state index contributed by atoms with van der Waals surface area (Å²) in [6.45, 7) is 6.03. The van der Waals surface area contributed by atoms with Crippen LogP contribution in [0.4, 0.5) is 0 Å². The van der Waals surface area contributed by atoms with Gasteiger partial charge in [0.05, 0.1) is 6.61 Å². The van der Waals surface area contributed by atoms with E-state index in [0.717, 1.165) is 4.31 Å². The van der Waals surface area contributed by atoms with Crippen molar-refractivity contribution >= 4 is 16.0 Å². The summed E-state index contributed by atoms with van der Waals surface area (Å²) in [4.78, 5) is 11.2. The summed E-state index contributed by atoms with van der Waals surface area (Å²) in [6.07, 6.45) is 0. The second-order valence-electron chi connectivity index (χ2n) is 4.03. The summed E-state index contributed by atoms with van der Waals surface area (Å²) in [5, 5.41) is 14.7. The first-order chi connectivity index (χ1) is 9.36. The molecule has 1 aromatic heterocycles. The maximum Gasteiger partial charge on any atom is 0.340 e. The molecule has 0 saturated heterocycles. The average Bonchev–Trinajstić information content (AvgIpc) is 2.77. The first kappa shape index (κ1) is 16.6. The molecule has 0 unspecified atom stereocenters. The summed E-state index contributed by atoms with van der Waals surface area (Å²) in [5.41, 5.74) is -0.114. The molecule has 9 heteroatoms. The van der Waals surface area contributed by atoms with Crippen molar-refractivity contribution in [1.82, 2.24) is 14.5 Å². The second-order valence-corrected chi connectivity index (χ2v) is 5.88. The van der Waals surface area contributed by atoms with Crippen LogP contribution in [-0.4, -0.2) is 60.3 Å². The van der Waals surface area contributed by atoms with E-state index in [1.807, 2.05) is 6.92 Å². The zero-order chi connectivity index (χ0) is 15.3. The number of ether oxygens (including phenoxy) is 1. The molecule has 1 aromatic rings. The molecule has 0 bridgehead atoms. The van der Waals surface area contributed by atoms with Crippen molar-refractivity contribution in [3.63, 3.8) is 0 Å². The third-order valence-electron chi connectivity index (χ3n) is 2.75. The molecule has 1 rings (SSSR count). The van der Waals surface area contributed by atoms with Crippen LogP contribution in [0.3, 0.4) is 0 Å². The van der Waals surface area contributed by atoms with E-state index in [2.05, 4.69) is 10.2 Å². The number of H-pyrrole nitrogens is 1. The van der Waals surface area contributed by atoms with Crippen LogP contribution in [0.25, 0.3) is 0 Å². The second kappa shape index (κ2) is 6.82. The highest BCUT2D eigenvalue weighted by molar-refractivity contribution is 7.89. The Hall–Kier alpha value is -1.45. The maximum atomic E-state index is 12.4. The first-order valence-electron chi connectivity index (χ1n) is 6.22. The standard InChI is InChI=1S/C11H19N3O5S/c1-4-14(6-7-19-5-2)20(17,18)10-9(11(15)16)8(3)12-13-10/h4-7H2,1-3H3,(H,12,13)(H,15,16). The van der Waals surface area contributed by atoms with Gasteiger partial charge in [0.15, 0.2) is 0 Å². The lowest BCUT2D eigenvalue weighted by Gasteiger charge is -2.19. The van der Waals surface area contributed by atoms with Gasteiger partial charge >= 0.3 is 5.97 Å². The Kier molecular flexibility index (Phi) is 5.66. The predicted molar refractivity (Wildman–Crippen MR) is 71.2 cm³/mol. The van der Waals surface area contributed by atoms with E-state index in [4.69, 9.17) is 9.84 Å². The lowest BCUT2D eigenvalue weighted by atomic mass is 10.3. The van der Waals surface area contributed by atoms with Gasteiger partial charge in [-0.25, -0.2) is 13.2 Å². The summed E-state index contributed by atoms with van der Waals surface area (Å²) in [7, 11) is -3.96. The van der Waals surface area contributed by atoms with Crippen molar-refractivity contribution in [3.8, 4) is 0 Å². The van der Waals surface area contributed by atoms with Gasteiger partial charge in [0.2, 0.25) is 5.03 Å². The smallest absolute Gasteiger partial charge is 0.340 e. The molecule has 0 radical (unpaired) electrons. The predicted octanol–water partition coefficient (Wildman–Crippen LogP) is 0.463. The highest BCUT2D eigenvalue weighted by Crippen LogP contribution is 2.20. The van der Waals surface area contributed by atoms with Crippen LogP contribution in [0.5, 0.6) is 0 Å². The molecule has 20 heavy (non-hydrogen) atoms. The number of hydrogen-bond donors (Lipinski definition) is 2. The van der Waals surface area contributed by atoms with Gasteiger partial charge in [0, 0.05) is 25.4 Å². The van der Waals surface area contributed by atoms with E-state index >= 15 is 0 Å². The molecule has 0 atom stereocenters. The van der Waals surface area contributed by atoms with Crippen LogP contribution in [0, 0.1) is 6.92 Å². The Bertz CT molecular complexity index is 567. The van der Waals surface area contributed by atoms with Crippen LogP contribution in [0.2, 0.25) is 0 Å². The zero-order valence-electron chi connectivity index (χ0n) is 11.7. The monoisotopic (exact) mass is 305 g/mol. The molecule has 2 N–H and O–H groups in total. The highest BCUT2D eigenvalue weighted by atomic mass is 32.2. The minimum absolute atomic E-state index is 0.150. The van der Waals surface area contributed by atoms with Crippen molar-refractivity contribution in [2.24, 2.45) is 0 Å². The Labute approximate surface area is 117 Å². The van der Waals surface area contributed by atoms with Gasteiger partial charge < -0.3 is 9.84 Å². The van der Waals surface area contributed by atoms with Crippen molar-refractivity contribution in [3.05, 3.63) is 11.3 Å². The molecule has 0 aromatic carbocycles. The lowest BCUT2D eigenvalue weighted by Crippen LogP contribution is -2.35. The summed E-state index contributed by atoms with van der Waals surface area (Å²) in [6, 6.07) is 0. The maximum absolute atomic E-state index is 12.4. The molecule has 0 saturated carbocycles. The number of rotatable bonds is 8. The van der Waals surface area contributed by atoms with Crippen molar-refractivity contribution < 1.29 is 23.1 Å². The number of likely N-dealkylation sites (N-methyl/N-ethyl adjacent to an activating group) is 1. The van der Waals surface area contributed by atoms with Gasteiger partial charge in [-0.3, -0.25) is 5.10 Å². The van der Waals surface area contributed by atoms with E-state index in [9.17, 15) is 13.2 Å². The fraction of sp³-hybridized carbons (Fsp3) is 0.636. The summed E-state index contributed by atoms with van der Waals surface area (Å²) in [5.74, 6) is -1.32. The van der Waals surface area contributed by atoms with Crippen molar-refractivity contribution in [1.29, 1.82) is 0 Å². The summed E-state index contributed by atoms with van der Waals surface area (Å²) >= 11 is 0. The van der Waals surface area contributed by atoms with E-state index < -0.39 is 21.0 Å². The van der Waals surface area contributed by atoms with Crippen LogP contribution in [0.15, 0.2) is 5.03 Å². The van der Waals surface area contributed by atoms with E-state index in [0.29, 0.717) is 6.61 Å². The van der Waals surface area contributed by atoms with Crippen molar-refractivity contribution in [2.45, 2.75) is 25.8 Å². The van der Waals surface area contributed by atoms with E-state index in [1.165, 1.54) is 6.92 Å². The number of carbonyl (C=O) groups is 1. The number of carboxylic acid groups (broad SMARTS) is 1. The van der Waals surface area contributed by atoms with Crippen LogP contribution >= 0.6 is 0 Å². The molecule has 0 aliphatic carbocycles.